The first kappa shape index (κ1) is 14.7. The largest absolute Gasteiger partial charge is 0.384 e. The van der Waals surface area contributed by atoms with Crippen molar-refractivity contribution in [3.8, 4) is 11.8 Å². The molecular formula is C16H15N3O2. The third kappa shape index (κ3) is 4.41. The van der Waals surface area contributed by atoms with E-state index in [4.69, 9.17) is 5.11 Å². The highest BCUT2D eigenvalue weighted by atomic mass is 16.2. The average molecular weight is 281 g/mol. The van der Waals surface area contributed by atoms with Gasteiger partial charge in [0.05, 0.1) is 5.56 Å². The number of nitrogens with zero attached hydrogens (tertiary/aromatic N) is 2. The fraction of sp³-hybridized carbons (Fsp3) is 0.188. The van der Waals surface area contributed by atoms with Crippen LogP contribution in [0.5, 0.6) is 0 Å². The molecule has 2 heterocycles. The first-order valence-corrected chi connectivity index (χ1v) is 6.54. The van der Waals surface area contributed by atoms with Crippen molar-refractivity contribution >= 4 is 5.91 Å². The number of aliphatic hydroxyl groups is 1. The number of carbonyl (C=O) groups is 1. The number of aromatic nitrogens is 2. The molecule has 0 aliphatic carbocycles. The summed E-state index contributed by atoms with van der Waals surface area (Å²) in [7, 11) is 0. The second kappa shape index (κ2) is 7.78. The van der Waals surface area contributed by atoms with Gasteiger partial charge in [0.25, 0.3) is 5.91 Å². The van der Waals surface area contributed by atoms with Crippen LogP contribution in [0.15, 0.2) is 42.7 Å². The van der Waals surface area contributed by atoms with Gasteiger partial charge >= 0.3 is 0 Å². The molecule has 0 fully saturated rings. The van der Waals surface area contributed by atoms with Crippen LogP contribution >= 0.6 is 0 Å². The van der Waals surface area contributed by atoms with Crippen molar-refractivity contribution in [3.05, 3.63) is 59.7 Å². The molecule has 0 aromatic carbocycles. The zero-order valence-corrected chi connectivity index (χ0v) is 11.4. The molecule has 2 N–H and O–H groups in total. The standard InChI is InChI=1S/C16H15N3O2/c20-12-4-6-13-5-3-10-18-15(13)16(21)19-11-8-14-7-1-2-9-17-14/h1-3,5,7,9-10,20H,8,11-12H2,(H,19,21). The van der Waals surface area contributed by atoms with Crippen LogP contribution in [0, 0.1) is 11.8 Å². The van der Waals surface area contributed by atoms with Crippen LogP contribution in [-0.4, -0.2) is 34.1 Å². The average Bonchev–Trinajstić information content (AvgIpc) is 2.54. The summed E-state index contributed by atoms with van der Waals surface area (Å²) in [6.07, 6.45) is 3.91. The van der Waals surface area contributed by atoms with Crippen LogP contribution in [0.1, 0.15) is 21.7 Å². The minimum absolute atomic E-state index is 0.254. The first-order chi connectivity index (χ1) is 10.3. The topological polar surface area (TPSA) is 75.1 Å². The van der Waals surface area contributed by atoms with E-state index in [9.17, 15) is 4.79 Å². The van der Waals surface area contributed by atoms with Crippen LogP contribution < -0.4 is 5.32 Å². The maximum absolute atomic E-state index is 12.1. The van der Waals surface area contributed by atoms with Gasteiger partial charge in [-0.05, 0) is 24.3 Å². The van der Waals surface area contributed by atoms with Gasteiger partial charge in [-0.3, -0.25) is 9.78 Å². The summed E-state index contributed by atoms with van der Waals surface area (Å²) in [4.78, 5) is 20.3. The Balaban J connectivity index is 1.97. The van der Waals surface area contributed by atoms with E-state index < -0.39 is 0 Å². The Morgan fingerprint density at radius 3 is 2.81 bits per heavy atom. The van der Waals surface area contributed by atoms with Gasteiger partial charge in [-0.25, -0.2) is 4.98 Å². The fourth-order valence-electron chi connectivity index (χ4n) is 1.76. The molecule has 0 radical (unpaired) electrons. The summed E-state index contributed by atoms with van der Waals surface area (Å²) < 4.78 is 0. The fourth-order valence-corrected chi connectivity index (χ4v) is 1.76. The van der Waals surface area contributed by atoms with Crippen molar-refractivity contribution in [2.75, 3.05) is 13.2 Å². The molecule has 1 amide bonds. The summed E-state index contributed by atoms with van der Waals surface area (Å²) in [5.41, 5.74) is 1.68. The van der Waals surface area contributed by atoms with Gasteiger partial charge < -0.3 is 10.4 Å². The maximum Gasteiger partial charge on any atom is 0.271 e. The van der Waals surface area contributed by atoms with Crippen molar-refractivity contribution in [2.45, 2.75) is 6.42 Å². The molecule has 0 atom stereocenters. The van der Waals surface area contributed by atoms with E-state index in [1.165, 1.54) is 6.20 Å². The number of aliphatic hydroxyl groups excluding tert-OH is 1. The van der Waals surface area contributed by atoms with Gasteiger partial charge in [0.15, 0.2) is 0 Å². The quantitative estimate of drug-likeness (QED) is 0.813. The molecule has 0 unspecified atom stereocenters. The van der Waals surface area contributed by atoms with E-state index in [0.29, 0.717) is 18.5 Å². The Bertz CT molecular complexity index is 660. The monoisotopic (exact) mass is 281 g/mol. The molecule has 0 aliphatic heterocycles. The number of pyridine rings is 2. The molecular weight excluding hydrogens is 266 g/mol. The number of hydrogen-bond acceptors (Lipinski definition) is 4. The second-order valence-corrected chi connectivity index (χ2v) is 4.19. The van der Waals surface area contributed by atoms with E-state index in [1.807, 2.05) is 18.2 Å². The molecule has 2 rings (SSSR count). The normalized spacial score (nSPS) is 9.57. The highest BCUT2D eigenvalue weighted by Crippen LogP contribution is 2.03. The predicted octanol–water partition coefficient (Wildman–Crippen LogP) is 0.793. The van der Waals surface area contributed by atoms with Crippen molar-refractivity contribution < 1.29 is 9.90 Å². The molecule has 0 spiro atoms. The minimum Gasteiger partial charge on any atom is -0.384 e. The van der Waals surface area contributed by atoms with Gasteiger partial charge in [-0.1, -0.05) is 17.9 Å². The SMILES string of the molecule is O=C(NCCc1ccccn1)c1ncccc1C#CCO. The Morgan fingerprint density at radius 1 is 1.19 bits per heavy atom. The molecule has 106 valence electrons. The zero-order chi connectivity index (χ0) is 14.9. The highest BCUT2D eigenvalue weighted by molar-refractivity contribution is 5.94. The van der Waals surface area contributed by atoms with Crippen LogP contribution in [0.2, 0.25) is 0 Å². The van der Waals surface area contributed by atoms with E-state index in [0.717, 1.165) is 5.69 Å². The van der Waals surface area contributed by atoms with Crippen molar-refractivity contribution in [2.24, 2.45) is 0 Å². The summed E-state index contributed by atoms with van der Waals surface area (Å²) in [6, 6.07) is 9.06. The smallest absolute Gasteiger partial charge is 0.271 e. The Kier molecular flexibility index (Phi) is 5.44. The lowest BCUT2D eigenvalue weighted by Crippen LogP contribution is -2.27. The first-order valence-electron chi connectivity index (χ1n) is 6.54. The zero-order valence-electron chi connectivity index (χ0n) is 11.4. The van der Waals surface area contributed by atoms with Crippen molar-refractivity contribution in [1.29, 1.82) is 0 Å². The summed E-state index contributed by atoms with van der Waals surface area (Å²) >= 11 is 0. The third-order valence-corrected chi connectivity index (χ3v) is 2.72. The second-order valence-electron chi connectivity index (χ2n) is 4.19. The molecule has 0 bridgehead atoms. The summed E-state index contributed by atoms with van der Waals surface area (Å²) in [5, 5.41) is 11.5. The van der Waals surface area contributed by atoms with Crippen LogP contribution in [0.3, 0.4) is 0 Å². The lowest BCUT2D eigenvalue weighted by Gasteiger charge is -2.05. The summed E-state index contributed by atoms with van der Waals surface area (Å²) in [5.74, 6) is 4.95. The van der Waals surface area contributed by atoms with Crippen LogP contribution in [-0.2, 0) is 6.42 Å². The molecule has 2 aromatic rings. The van der Waals surface area contributed by atoms with Gasteiger partial charge in [-0.2, -0.15) is 0 Å². The molecule has 2 aromatic heterocycles. The van der Waals surface area contributed by atoms with Gasteiger partial charge in [0.2, 0.25) is 0 Å². The Hall–Kier alpha value is -2.71. The highest BCUT2D eigenvalue weighted by Gasteiger charge is 2.10. The van der Waals surface area contributed by atoms with Gasteiger partial charge in [0.1, 0.15) is 12.3 Å². The molecule has 5 nitrogen and oxygen atoms in total. The van der Waals surface area contributed by atoms with Gasteiger partial charge in [-0.15, -0.1) is 0 Å². The molecule has 0 aliphatic rings. The van der Waals surface area contributed by atoms with Gasteiger partial charge in [0, 0.05) is 31.1 Å². The molecule has 21 heavy (non-hydrogen) atoms. The third-order valence-electron chi connectivity index (χ3n) is 2.72. The summed E-state index contributed by atoms with van der Waals surface area (Å²) in [6.45, 7) is 0.217. The van der Waals surface area contributed by atoms with E-state index >= 15 is 0 Å². The minimum atomic E-state index is -0.284. The number of nitrogens with one attached hydrogen (secondary N) is 1. The number of rotatable bonds is 4. The lowest BCUT2D eigenvalue weighted by atomic mass is 10.2. The molecule has 0 saturated carbocycles. The van der Waals surface area contributed by atoms with Crippen LogP contribution in [0.4, 0.5) is 0 Å². The molecule has 5 heteroatoms. The van der Waals surface area contributed by atoms with E-state index in [1.54, 1.807) is 18.3 Å². The van der Waals surface area contributed by atoms with Crippen molar-refractivity contribution in [3.63, 3.8) is 0 Å². The predicted molar refractivity (Wildman–Crippen MR) is 78.5 cm³/mol. The van der Waals surface area contributed by atoms with Crippen LogP contribution in [0.25, 0.3) is 0 Å². The number of hydrogen-bond donors (Lipinski definition) is 2. The van der Waals surface area contributed by atoms with E-state index in [-0.39, 0.29) is 18.2 Å². The number of amides is 1. The number of carbonyl (C=O) groups excluding carboxylic acids is 1. The molecule has 0 saturated heterocycles. The lowest BCUT2D eigenvalue weighted by molar-refractivity contribution is 0.0949. The van der Waals surface area contributed by atoms with Crippen molar-refractivity contribution in [1.82, 2.24) is 15.3 Å². The Labute approximate surface area is 123 Å². The van der Waals surface area contributed by atoms with E-state index in [2.05, 4.69) is 27.1 Å². The Morgan fingerprint density at radius 2 is 2.05 bits per heavy atom. The maximum atomic E-state index is 12.1.